The normalized spacial score (nSPS) is 24.6. The molecule has 5 heteroatoms. The molecular weight excluding hydrogens is 290 g/mol. The van der Waals surface area contributed by atoms with E-state index in [0.717, 1.165) is 15.8 Å². The fourth-order valence-corrected chi connectivity index (χ4v) is 3.18. The molecule has 1 N–H and O–H groups in total. The second-order valence-corrected chi connectivity index (χ2v) is 5.82. The summed E-state index contributed by atoms with van der Waals surface area (Å²) in [5.74, 6) is 0.331. The van der Waals surface area contributed by atoms with E-state index in [-0.39, 0.29) is 12.0 Å². The van der Waals surface area contributed by atoms with Gasteiger partial charge in [-0.1, -0.05) is 6.92 Å². The van der Waals surface area contributed by atoms with Crippen molar-refractivity contribution < 1.29 is 9.53 Å². The summed E-state index contributed by atoms with van der Waals surface area (Å²) in [6, 6.07) is 1.99. The SMILES string of the molecule is CC1CCOC1C(=O)NCc1sccc1Br. The van der Waals surface area contributed by atoms with E-state index in [0.29, 0.717) is 19.1 Å². The highest BCUT2D eigenvalue weighted by Gasteiger charge is 2.30. The van der Waals surface area contributed by atoms with Crippen LogP contribution in [0.3, 0.4) is 0 Å². The molecule has 2 heterocycles. The van der Waals surface area contributed by atoms with Gasteiger partial charge in [0.15, 0.2) is 0 Å². The summed E-state index contributed by atoms with van der Waals surface area (Å²) in [5.41, 5.74) is 0. The van der Waals surface area contributed by atoms with Gasteiger partial charge in [-0.2, -0.15) is 0 Å². The summed E-state index contributed by atoms with van der Waals surface area (Å²) in [5, 5.41) is 4.91. The van der Waals surface area contributed by atoms with Crippen molar-refractivity contribution in [1.82, 2.24) is 5.32 Å². The standard InChI is InChI=1S/C11H14BrNO2S/c1-7-2-4-15-10(7)11(14)13-6-9-8(12)3-5-16-9/h3,5,7,10H,2,4,6H2,1H3,(H,13,14). The summed E-state index contributed by atoms with van der Waals surface area (Å²) < 4.78 is 6.46. The number of nitrogens with one attached hydrogen (secondary N) is 1. The van der Waals surface area contributed by atoms with Crippen molar-refractivity contribution in [3.63, 3.8) is 0 Å². The van der Waals surface area contributed by atoms with Crippen molar-refractivity contribution in [2.24, 2.45) is 5.92 Å². The highest BCUT2D eigenvalue weighted by atomic mass is 79.9. The maximum absolute atomic E-state index is 11.8. The Morgan fingerprint density at radius 2 is 2.56 bits per heavy atom. The zero-order valence-corrected chi connectivity index (χ0v) is 11.4. The smallest absolute Gasteiger partial charge is 0.249 e. The summed E-state index contributed by atoms with van der Waals surface area (Å²) in [4.78, 5) is 13.0. The summed E-state index contributed by atoms with van der Waals surface area (Å²) >= 11 is 5.07. The van der Waals surface area contributed by atoms with E-state index < -0.39 is 0 Å². The Hall–Kier alpha value is -0.390. The Kier molecular flexibility index (Phi) is 4.00. The number of carbonyl (C=O) groups is 1. The number of amides is 1. The van der Waals surface area contributed by atoms with E-state index in [2.05, 4.69) is 28.2 Å². The molecule has 0 saturated carbocycles. The van der Waals surface area contributed by atoms with Crippen molar-refractivity contribution in [2.75, 3.05) is 6.61 Å². The van der Waals surface area contributed by atoms with Crippen LogP contribution in [0.1, 0.15) is 18.2 Å². The predicted molar refractivity (Wildman–Crippen MR) is 67.4 cm³/mol. The van der Waals surface area contributed by atoms with E-state index in [1.165, 1.54) is 0 Å². The number of hydrogen-bond acceptors (Lipinski definition) is 3. The average Bonchev–Trinajstić information content (AvgIpc) is 2.84. The van der Waals surface area contributed by atoms with E-state index in [9.17, 15) is 4.79 Å². The highest BCUT2D eigenvalue weighted by molar-refractivity contribution is 9.10. The van der Waals surface area contributed by atoms with Crippen LogP contribution in [0.5, 0.6) is 0 Å². The molecule has 1 saturated heterocycles. The van der Waals surface area contributed by atoms with Crippen LogP contribution in [0.15, 0.2) is 15.9 Å². The first-order valence-corrected chi connectivity index (χ1v) is 6.97. The monoisotopic (exact) mass is 303 g/mol. The Balaban J connectivity index is 1.86. The number of carbonyl (C=O) groups excluding carboxylic acids is 1. The zero-order chi connectivity index (χ0) is 11.5. The van der Waals surface area contributed by atoms with Crippen LogP contribution in [-0.2, 0) is 16.1 Å². The van der Waals surface area contributed by atoms with Gasteiger partial charge >= 0.3 is 0 Å². The third-order valence-corrected chi connectivity index (χ3v) is 4.69. The Bertz CT molecular complexity index is 380. The molecule has 3 nitrogen and oxygen atoms in total. The number of hydrogen-bond donors (Lipinski definition) is 1. The molecule has 0 spiro atoms. The lowest BCUT2D eigenvalue weighted by atomic mass is 10.0. The van der Waals surface area contributed by atoms with E-state index in [1.807, 2.05) is 11.4 Å². The number of halogens is 1. The molecule has 0 bridgehead atoms. The first kappa shape index (κ1) is 12.1. The van der Waals surface area contributed by atoms with Crippen LogP contribution in [0, 0.1) is 5.92 Å². The van der Waals surface area contributed by atoms with Gasteiger partial charge in [-0.05, 0) is 39.7 Å². The molecule has 2 rings (SSSR count). The van der Waals surface area contributed by atoms with Crippen LogP contribution < -0.4 is 5.32 Å². The molecule has 0 aromatic carbocycles. The molecule has 1 aromatic rings. The fraction of sp³-hybridized carbons (Fsp3) is 0.545. The van der Waals surface area contributed by atoms with E-state index >= 15 is 0 Å². The molecule has 1 aromatic heterocycles. The zero-order valence-electron chi connectivity index (χ0n) is 9.03. The molecule has 88 valence electrons. The molecule has 2 atom stereocenters. The van der Waals surface area contributed by atoms with Crippen molar-refractivity contribution in [3.05, 3.63) is 20.8 Å². The fourth-order valence-electron chi connectivity index (χ4n) is 1.75. The lowest BCUT2D eigenvalue weighted by molar-refractivity contribution is -0.131. The van der Waals surface area contributed by atoms with Gasteiger partial charge in [-0.3, -0.25) is 4.79 Å². The van der Waals surface area contributed by atoms with E-state index in [4.69, 9.17) is 4.74 Å². The van der Waals surface area contributed by atoms with Crippen LogP contribution in [0.25, 0.3) is 0 Å². The van der Waals surface area contributed by atoms with E-state index in [1.54, 1.807) is 11.3 Å². The van der Waals surface area contributed by atoms with Gasteiger partial charge in [0.1, 0.15) is 6.10 Å². The highest BCUT2D eigenvalue weighted by Crippen LogP contribution is 2.23. The molecule has 1 aliphatic heterocycles. The molecule has 1 fully saturated rings. The quantitative estimate of drug-likeness (QED) is 0.932. The van der Waals surface area contributed by atoms with Gasteiger partial charge < -0.3 is 10.1 Å². The second-order valence-electron chi connectivity index (χ2n) is 3.97. The van der Waals surface area contributed by atoms with Gasteiger partial charge in [0.05, 0.1) is 6.54 Å². The van der Waals surface area contributed by atoms with Gasteiger partial charge in [0.2, 0.25) is 5.91 Å². The average molecular weight is 304 g/mol. The number of rotatable bonds is 3. The summed E-state index contributed by atoms with van der Waals surface area (Å²) in [6.07, 6.45) is 0.708. The third-order valence-electron chi connectivity index (χ3n) is 2.76. The Morgan fingerprint density at radius 1 is 1.75 bits per heavy atom. The number of ether oxygens (including phenoxy) is 1. The topological polar surface area (TPSA) is 38.3 Å². The summed E-state index contributed by atoms with van der Waals surface area (Å²) in [7, 11) is 0. The largest absolute Gasteiger partial charge is 0.368 e. The molecule has 1 amide bonds. The van der Waals surface area contributed by atoms with Gasteiger partial charge in [0, 0.05) is 16.0 Å². The molecule has 2 unspecified atom stereocenters. The molecule has 0 radical (unpaired) electrons. The Labute approximate surface area is 107 Å². The summed E-state index contributed by atoms with van der Waals surface area (Å²) in [6.45, 7) is 3.32. The first-order valence-electron chi connectivity index (χ1n) is 5.29. The molecule has 16 heavy (non-hydrogen) atoms. The predicted octanol–water partition coefficient (Wildman–Crippen LogP) is 2.55. The van der Waals surface area contributed by atoms with Crippen LogP contribution >= 0.6 is 27.3 Å². The minimum Gasteiger partial charge on any atom is -0.368 e. The lowest BCUT2D eigenvalue weighted by Crippen LogP contribution is -2.36. The molecule has 1 aliphatic rings. The minimum absolute atomic E-state index is 0.00491. The van der Waals surface area contributed by atoms with Crippen molar-refractivity contribution in [3.8, 4) is 0 Å². The first-order chi connectivity index (χ1) is 7.68. The van der Waals surface area contributed by atoms with Crippen molar-refractivity contribution in [1.29, 1.82) is 0 Å². The van der Waals surface area contributed by atoms with Crippen LogP contribution in [0.2, 0.25) is 0 Å². The third kappa shape index (κ3) is 2.64. The van der Waals surface area contributed by atoms with Crippen molar-refractivity contribution in [2.45, 2.75) is 26.0 Å². The minimum atomic E-state index is -0.265. The molecular formula is C11H14BrNO2S. The second kappa shape index (κ2) is 5.29. The van der Waals surface area contributed by atoms with Crippen LogP contribution in [-0.4, -0.2) is 18.6 Å². The Morgan fingerprint density at radius 3 is 3.12 bits per heavy atom. The van der Waals surface area contributed by atoms with Gasteiger partial charge in [-0.15, -0.1) is 11.3 Å². The molecule has 0 aliphatic carbocycles. The van der Waals surface area contributed by atoms with Crippen molar-refractivity contribution >= 4 is 33.2 Å². The maximum Gasteiger partial charge on any atom is 0.249 e. The number of thiophene rings is 1. The maximum atomic E-state index is 11.8. The van der Waals surface area contributed by atoms with Gasteiger partial charge in [0.25, 0.3) is 0 Å². The lowest BCUT2D eigenvalue weighted by Gasteiger charge is -2.14. The van der Waals surface area contributed by atoms with Crippen LogP contribution in [0.4, 0.5) is 0 Å². The van der Waals surface area contributed by atoms with Gasteiger partial charge in [-0.25, -0.2) is 0 Å².